The van der Waals surface area contributed by atoms with Gasteiger partial charge in [0, 0.05) is 62.2 Å². The average Bonchev–Trinajstić information content (AvgIpc) is 3.70. The summed E-state index contributed by atoms with van der Waals surface area (Å²) in [6, 6.07) is -0.0829. The number of hydrogen-bond acceptors (Lipinski definition) is 5. The molecule has 194 valence electrons. The summed E-state index contributed by atoms with van der Waals surface area (Å²) >= 11 is 0. The van der Waals surface area contributed by atoms with Crippen molar-refractivity contribution >= 4 is 5.91 Å². The molecule has 8 nitrogen and oxygen atoms in total. The first kappa shape index (κ1) is 22.1. The zero-order chi connectivity index (χ0) is 25.1. The second-order valence-corrected chi connectivity index (χ2v) is 13.2. The summed E-state index contributed by atoms with van der Waals surface area (Å²) in [7, 11) is 2.20. The molecule has 37 heavy (non-hydrogen) atoms. The molecule has 8 heteroatoms. The van der Waals surface area contributed by atoms with Gasteiger partial charge in [-0.2, -0.15) is 5.10 Å². The van der Waals surface area contributed by atoms with Gasteiger partial charge in [0.05, 0.1) is 25.3 Å². The Labute approximate surface area is 218 Å². The van der Waals surface area contributed by atoms with Gasteiger partial charge in [0.1, 0.15) is 11.5 Å². The van der Waals surface area contributed by atoms with E-state index in [2.05, 4.69) is 51.9 Å². The van der Waals surface area contributed by atoms with Gasteiger partial charge in [-0.05, 0) is 42.9 Å². The van der Waals surface area contributed by atoms with E-state index in [0.29, 0.717) is 33.6 Å². The predicted molar refractivity (Wildman–Crippen MR) is 140 cm³/mol. The Balaban J connectivity index is 0.849. The summed E-state index contributed by atoms with van der Waals surface area (Å²) in [6.07, 6.45) is 14.0. The molecular formula is C29H38N7O+. The summed E-state index contributed by atoms with van der Waals surface area (Å²) in [5.41, 5.74) is 10.6. The number of aromatic nitrogens is 3. The molecule has 3 N–H and O–H groups in total. The van der Waals surface area contributed by atoms with E-state index in [-0.39, 0.29) is 11.9 Å². The Kier molecular flexibility index (Phi) is 4.41. The second kappa shape index (κ2) is 7.37. The Morgan fingerprint density at radius 3 is 2.62 bits per heavy atom. The second-order valence-electron chi connectivity index (χ2n) is 13.2. The van der Waals surface area contributed by atoms with Crippen molar-refractivity contribution in [2.45, 2.75) is 56.4 Å². The minimum atomic E-state index is -0.156. The maximum Gasteiger partial charge on any atom is 0.276 e. The number of likely N-dealkylation sites (tertiary alicyclic amines) is 3. The first-order valence-electron chi connectivity index (χ1n) is 14.2. The molecule has 2 saturated carbocycles. The number of primary amides is 1. The van der Waals surface area contributed by atoms with E-state index >= 15 is 0 Å². The molecular weight excluding hydrogens is 462 g/mol. The highest BCUT2D eigenvalue weighted by atomic mass is 16.1. The fourth-order valence-electron chi connectivity index (χ4n) is 8.14. The molecule has 3 unspecified atom stereocenters. The van der Waals surface area contributed by atoms with Gasteiger partial charge in [0.15, 0.2) is 11.9 Å². The van der Waals surface area contributed by atoms with Crippen LogP contribution in [0.2, 0.25) is 0 Å². The quantitative estimate of drug-likeness (QED) is 0.562. The summed E-state index contributed by atoms with van der Waals surface area (Å²) < 4.78 is 0.701. The summed E-state index contributed by atoms with van der Waals surface area (Å²) in [5.74, 6) is 5.38. The van der Waals surface area contributed by atoms with Crippen molar-refractivity contribution in [3.8, 4) is 0 Å². The highest BCUT2D eigenvalue weighted by Gasteiger charge is 2.56. The van der Waals surface area contributed by atoms with Crippen LogP contribution in [0.25, 0.3) is 0 Å². The lowest BCUT2D eigenvalue weighted by atomic mass is 9.57. The van der Waals surface area contributed by atoms with Gasteiger partial charge in [0.2, 0.25) is 0 Å². The molecule has 4 heterocycles. The van der Waals surface area contributed by atoms with Crippen molar-refractivity contribution in [1.82, 2.24) is 25.0 Å². The fraction of sp³-hybridized carbons (Fsp3) is 0.621. The van der Waals surface area contributed by atoms with Crippen molar-refractivity contribution in [1.29, 1.82) is 0 Å². The zero-order valence-electron chi connectivity index (χ0n) is 21.8. The number of H-pyrrole nitrogens is 1. The molecule has 7 aliphatic rings. The van der Waals surface area contributed by atoms with Crippen LogP contribution >= 0.6 is 0 Å². The van der Waals surface area contributed by atoms with E-state index in [1.807, 2.05) is 0 Å². The Hall–Kier alpha value is -2.87. The van der Waals surface area contributed by atoms with Gasteiger partial charge in [-0.15, -0.1) is 0 Å². The van der Waals surface area contributed by atoms with Crippen molar-refractivity contribution in [3.63, 3.8) is 0 Å². The van der Waals surface area contributed by atoms with E-state index in [1.54, 1.807) is 0 Å². The van der Waals surface area contributed by atoms with Gasteiger partial charge >= 0.3 is 0 Å². The van der Waals surface area contributed by atoms with Crippen LogP contribution in [0, 0.1) is 17.3 Å². The molecule has 1 aromatic heterocycles. The molecule has 0 aromatic carbocycles. The van der Waals surface area contributed by atoms with Crippen molar-refractivity contribution < 1.29 is 9.28 Å². The third-order valence-electron chi connectivity index (χ3n) is 10.7. The van der Waals surface area contributed by atoms with Gasteiger partial charge in [-0.1, -0.05) is 18.7 Å². The lowest BCUT2D eigenvalue weighted by molar-refractivity contribution is -0.877. The van der Waals surface area contributed by atoms with E-state index in [1.165, 1.54) is 48.3 Å². The number of aromatic amines is 1. The molecule has 3 atom stereocenters. The topological polar surface area (TPSA) is 91.1 Å². The number of hydrogen-bond donors (Lipinski definition) is 2. The zero-order valence-corrected chi connectivity index (χ0v) is 21.8. The van der Waals surface area contributed by atoms with Crippen molar-refractivity contribution in [2.24, 2.45) is 23.0 Å². The van der Waals surface area contributed by atoms with Crippen molar-refractivity contribution in [2.75, 3.05) is 39.8 Å². The Bertz CT molecular complexity index is 1280. The molecule has 3 saturated heterocycles. The first-order chi connectivity index (χ1) is 17.8. The molecule has 3 aliphatic heterocycles. The Morgan fingerprint density at radius 2 is 1.89 bits per heavy atom. The maximum absolute atomic E-state index is 12.1. The van der Waals surface area contributed by atoms with E-state index in [4.69, 9.17) is 10.7 Å². The third-order valence-corrected chi connectivity index (χ3v) is 10.7. The molecule has 0 bridgehead atoms. The largest absolute Gasteiger partial charge is 0.364 e. The van der Waals surface area contributed by atoms with E-state index in [0.717, 1.165) is 57.2 Å². The number of nitrogens with zero attached hydrogens (tertiary/aromatic N) is 5. The van der Waals surface area contributed by atoms with Crippen LogP contribution in [0.1, 0.15) is 62.0 Å². The van der Waals surface area contributed by atoms with Crippen LogP contribution in [0.4, 0.5) is 0 Å². The average molecular weight is 501 g/mol. The van der Waals surface area contributed by atoms with E-state index < -0.39 is 0 Å². The number of likely N-dealkylation sites (N-methyl/N-ethyl adjacent to an activating group) is 1. The SMILES string of the molecule is C=C(N1CC(C2=CC=C([N+]3(C)CCCC3C(N)=O)C3C=C23)C1)N1CC2(CC(c3n[nH]c(C4CC4)n3)C2)C1. The lowest BCUT2D eigenvalue weighted by Gasteiger charge is -2.61. The van der Waals surface area contributed by atoms with Crippen LogP contribution in [-0.2, 0) is 4.79 Å². The van der Waals surface area contributed by atoms with Gasteiger partial charge in [-0.25, -0.2) is 4.98 Å². The van der Waals surface area contributed by atoms with Crippen LogP contribution in [0.5, 0.6) is 0 Å². The molecule has 1 aromatic rings. The van der Waals surface area contributed by atoms with Gasteiger partial charge in [0.25, 0.3) is 5.91 Å². The number of quaternary nitrogens is 1. The predicted octanol–water partition coefficient (Wildman–Crippen LogP) is 2.74. The number of carbonyl (C=O) groups excluding carboxylic acids is 1. The maximum atomic E-state index is 12.1. The summed E-state index contributed by atoms with van der Waals surface area (Å²) in [6.45, 7) is 9.85. The normalized spacial score (nSPS) is 34.1. The number of nitrogens with one attached hydrogen (secondary N) is 1. The number of rotatable bonds is 7. The van der Waals surface area contributed by atoms with Gasteiger partial charge < -0.3 is 15.5 Å². The molecule has 5 fully saturated rings. The minimum Gasteiger partial charge on any atom is -0.364 e. The standard InChI is InChI=1S/C29H37N7O/c1-17(35-15-29(16-35)11-19(12-29)28-31-27(32-33-28)18-5-6-18)34-13-20(14-34)21-7-8-24(23-10-22(21)23)36(2)9-3-4-25(36)26(30)37/h7-8,10,18-20,23,25H,1,3-6,9,11-16H2,2H3,(H2-,30,31,32,33,37)/p+1. The van der Waals surface area contributed by atoms with Gasteiger partial charge in [-0.3, -0.25) is 14.4 Å². The smallest absolute Gasteiger partial charge is 0.276 e. The summed E-state index contributed by atoms with van der Waals surface area (Å²) in [5, 5.41) is 7.70. The lowest BCUT2D eigenvalue weighted by Crippen LogP contribution is -2.64. The van der Waals surface area contributed by atoms with E-state index in [9.17, 15) is 4.79 Å². The number of nitrogens with two attached hydrogens (primary N) is 1. The number of carbonyl (C=O) groups is 1. The minimum absolute atomic E-state index is 0.0829. The van der Waals surface area contributed by atoms with Crippen molar-refractivity contribution in [3.05, 3.63) is 59.1 Å². The Morgan fingerprint density at radius 1 is 1.11 bits per heavy atom. The molecule has 1 spiro atoms. The number of amides is 1. The number of fused-ring (bicyclic) bond motifs is 1. The van der Waals surface area contributed by atoms with Crippen LogP contribution in [-0.4, -0.2) is 81.2 Å². The molecule has 1 amide bonds. The highest BCUT2D eigenvalue weighted by Crippen LogP contribution is 2.57. The monoisotopic (exact) mass is 500 g/mol. The first-order valence-corrected chi connectivity index (χ1v) is 14.2. The van der Waals surface area contributed by atoms with Crippen LogP contribution in [0.3, 0.4) is 0 Å². The number of allylic oxidation sites excluding steroid dienone is 3. The van der Waals surface area contributed by atoms with Crippen LogP contribution in [0.15, 0.2) is 47.5 Å². The molecule has 4 aliphatic carbocycles. The highest BCUT2D eigenvalue weighted by molar-refractivity contribution is 5.79. The summed E-state index contributed by atoms with van der Waals surface area (Å²) in [4.78, 5) is 21.8. The molecule has 8 rings (SSSR count). The molecule has 0 radical (unpaired) electrons. The fourth-order valence-corrected chi connectivity index (χ4v) is 8.14. The van der Waals surface area contributed by atoms with Crippen LogP contribution < -0.4 is 5.73 Å². The third kappa shape index (κ3) is 3.27.